The quantitative estimate of drug-likeness (QED) is 0.811. The Balaban J connectivity index is 2.21. The number of alkyl halides is 1. The number of carbonyl (C=O) groups excluding carboxylic acids is 1. The fourth-order valence-corrected chi connectivity index (χ4v) is 1.38. The topological polar surface area (TPSA) is 38.3 Å². The fraction of sp³-hybridized carbons (Fsp3) is 0.417. The Morgan fingerprint density at radius 1 is 1.41 bits per heavy atom. The molecule has 0 fully saturated rings. The zero-order chi connectivity index (χ0) is 12.7. The van der Waals surface area contributed by atoms with E-state index in [1.165, 1.54) is 0 Å². The first kappa shape index (κ1) is 14.1. The molecule has 0 aliphatic rings. The highest BCUT2D eigenvalue weighted by Gasteiger charge is 2.03. The van der Waals surface area contributed by atoms with Crippen LogP contribution >= 0.6 is 23.2 Å². The Bertz CT molecular complexity index is 352. The molecule has 0 aromatic heterocycles. The molecule has 0 saturated carbocycles. The van der Waals surface area contributed by atoms with Crippen molar-refractivity contribution in [3.8, 4) is 5.75 Å². The third-order valence-corrected chi connectivity index (χ3v) is 2.52. The van der Waals surface area contributed by atoms with Gasteiger partial charge in [0.2, 0.25) is 0 Å². The summed E-state index contributed by atoms with van der Waals surface area (Å²) in [5.74, 6) is 0.465. The average Bonchev–Trinajstić information content (AvgIpc) is 2.28. The van der Waals surface area contributed by atoms with Gasteiger partial charge in [0.05, 0.1) is 0 Å². The number of nitrogens with one attached hydrogen (secondary N) is 1. The number of hydrogen-bond donors (Lipinski definition) is 1. The summed E-state index contributed by atoms with van der Waals surface area (Å²) in [4.78, 5) is 11.4. The van der Waals surface area contributed by atoms with E-state index in [1.807, 2.05) is 6.92 Å². The smallest absolute Gasteiger partial charge is 0.257 e. The zero-order valence-corrected chi connectivity index (χ0v) is 11.1. The van der Waals surface area contributed by atoms with Crippen molar-refractivity contribution in [2.75, 3.05) is 13.2 Å². The number of benzene rings is 1. The standard InChI is InChI=1S/C12H15Cl2NO2/c1-9(13)6-7-15-12(16)8-17-11-4-2-10(14)3-5-11/h2-5,9H,6-8H2,1H3,(H,15,16). The molecule has 1 aromatic rings. The largest absolute Gasteiger partial charge is 0.484 e. The molecule has 17 heavy (non-hydrogen) atoms. The van der Waals surface area contributed by atoms with Gasteiger partial charge in [-0.25, -0.2) is 0 Å². The summed E-state index contributed by atoms with van der Waals surface area (Å²) < 4.78 is 5.28. The highest BCUT2D eigenvalue weighted by atomic mass is 35.5. The van der Waals surface area contributed by atoms with Crippen LogP contribution in [0.5, 0.6) is 5.75 Å². The molecule has 1 unspecified atom stereocenters. The molecule has 0 heterocycles. The minimum atomic E-state index is -0.155. The van der Waals surface area contributed by atoms with Gasteiger partial charge in [0, 0.05) is 16.9 Å². The Morgan fingerprint density at radius 3 is 2.65 bits per heavy atom. The molecule has 5 heteroatoms. The van der Waals surface area contributed by atoms with Crippen LogP contribution in [0.3, 0.4) is 0 Å². The van der Waals surface area contributed by atoms with Crippen LogP contribution in [0.25, 0.3) is 0 Å². The minimum Gasteiger partial charge on any atom is -0.484 e. The third-order valence-electron chi connectivity index (χ3n) is 2.05. The molecule has 0 spiro atoms. The minimum absolute atomic E-state index is 0.00169. The van der Waals surface area contributed by atoms with Crippen molar-refractivity contribution in [3.63, 3.8) is 0 Å². The molecule has 0 aliphatic carbocycles. The number of amides is 1. The average molecular weight is 276 g/mol. The van der Waals surface area contributed by atoms with E-state index >= 15 is 0 Å². The second kappa shape index (κ2) is 7.41. The highest BCUT2D eigenvalue weighted by Crippen LogP contribution is 2.15. The molecular formula is C12H15Cl2NO2. The lowest BCUT2D eigenvalue weighted by Crippen LogP contribution is -2.30. The Morgan fingerprint density at radius 2 is 2.06 bits per heavy atom. The Labute approximate surface area is 111 Å². The van der Waals surface area contributed by atoms with E-state index in [4.69, 9.17) is 27.9 Å². The van der Waals surface area contributed by atoms with Crippen LogP contribution < -0.4 is 10.1 Å². The van der Waals surface area contributed by atoms with Crippen LogP contribution in [0.1, 0.15) is 13.3 Å². The van der Waals surface area contributed by atoms with Crippen molar-refractivity contribution < 1.29 is 9.53 Å². The van der Waals surface area contributed by atoms with Gasteiger partial charge < -0.3 is 10.1 Å². The van der Waals surface area contributed by atoms with Gasteiger partial charge in [0.25, 0.3) is 5.91 Å². The van der Waals surface area contributed by atoms with Crippen molar-refractivity contribution >= 4 is 29.1 Å². The van der Waals surface area contributed by atoms with Gasteiger partial charge in [-0.05, 0) is 37.6 Å². The molecule has 1 aromatic carbocycles. The first-order chi connectivity index (χ1) is 8.08. The second-order valence-electron chi connectivity index (χ2n) is 3.66. The Hall–Kier alpha value is -0.930. The first-order valence-corrected chi connectivity index (χ1v) is 6.18. The molecule has 94 valence electrons. The summed E-state index contributed by atoms with van der Waals surface area (Å²) in [6.07, 6.45) is 0.744. The number of ether oxygens (including phenoxy) is 1. The lowest BCUT2D eigenvalue weighted by atomic mass is 10.3. The Kier molecular flexibility index (Phi) is 6.16. The van der Waals surface area contributed by atoms with E-state index in [-0.39, 0.29) is 17.9 Å². The predicted molar refractivity (Wildman–Crippen MR) is 69.9 cm³/mol. The summed E-state index contributed by atoms with van der Waals surface area (Å²) in [7, 11) is 0. The van der Waals surface area contributed by atoms with Gasteiger partial charge in [0.15, 0.2) is 6.61 Å². The molecule has 3 nitrogen and oxygen atoms in total. The number of halogens is 2. The van der Waals surface area contributed by atoms with Crippen LogP contribution in [0, 0.1) is 0 Å². The maximum Gasteiger partial charge on any atom is 0.257 e. The molecule has 0 radical (unpaired) electrons. The van der Waals surface area contributed by atoms with Crippen molar-refractivity contribution in [2.24, 2.45) is 0 Å². The normalized spacial score (nSPS) is 11.9. The molecule has 0 saturated heterocycles. The lowest BCUT2D eigenvalue weighted by Gasteiger charge is -2.08. The van der Waals surface area contributed by atoms with E-state index < -0.39 is 0 Å². The summed E-state index contributed by atoms with van der Waals surface area (Å²) in [6, 6.07) is 6.86. The van der Waals surface area contributed by atoms with Crippen molar-refractivity contribution in [1.29, 1.82) is 0 Å². The van der Waals surface area contributed by atoms with Gasteiger partial charge in [-0.3, -0.25) is 4.79 Å². The van der Waals surface area contributed by atoms with Gasteiger partial charge in [-0.2, -0.15) is 0 Å². The van der Waals surface area contributed by atoms with Gasteiger partial charge in [0.1, 0.15) is 5.75 Å². The van der Waals surface area contributed by atoms with Crippen LogP contribution in [0.15, 0.2) is 24.3 Å². The van der Waals surface area contributed by atoms with Crippen LogP contribution in [-0.4, -0.2) is 24.4 Å². The highest BCUT2D eigenvalue weighted by molar-refractivity contribution is 6.30. The zero-order valence-electron chi connectivity index (χ0n) is 9.58. The second-order valence-corrected chi connectivity index (χ2v) is 4.84. The molecule has 0 bridgehead atoms. The van der Waals surface area contributed by atoms with Gasteiger partial charge in [-0.1, -0.05) is 11.6 Å². The van der Waals surface area contributed by atoms with Crippen molar-refractivity contribution in [1.82, 2.24) is 5.32 Å². The van der Waals surface area contributed by atoms with E-state index in [0.29, 0.717) is 17.3 Å². The summed E-state index contributed by atoms with van der Waals surface area (Å²) in [5, 5.41) is 3.42. The van der Waals surface area contributed by atoms with E-state index in [2.05, 4.69) is 5.32 Å². The first-order valence-electron chi connectivity index (χ1n) is 5.37. The molecule has 0 aliphatic heterocycles. The third kappa shape index (κ3) is 6.39. The molecular weight excluding hydrogens is 261 g/mol. The summed E-state index contributed by atoms with van der Waals surface area (Å²) in [5.41, 5.74) is 0. The number of hydrogen-bond acceptors (Lipinski definition) is 2. The molecule has 1 atom stereocenters. The van der Waals surface area contributed by atoms with E-state index in [0.717, 1.165) is 6.42 Å². The maximum absolute atomic E-state index is 11.4. The monoisotopic (exact) mass is 275 g/mol. The van der Waals surface area contributed by atoms with E-state index in [9.17, 15) is 4.79 Å². The van der Waals surface area contributed by atoms with Gasteiger partial charge in [-0.15, -0.1) is 11.6 Å². The SMILES string of the molecule is CC(Cl)CCNC(=O)COc1ccc(Cl)cc1. The number of carbonyl (C=O) groups is 1. The van der Waals surface area contributed by atoms with Gasteiger partial charge >= 0.3 is 0 Å². The summed E-state index contributed by atoms with van der Waals surface area (Å²) in [6.45, 7) is 2.45. The maximum atomic E-state index is 11.4. The molecule has 1 N–H and O–H groups in total. The summed E-state index contributed by atoms with van der Waals surface area (Å²) >= 11 is 11.5. The van der Waals surface area contributed by atoms with Crippen molar-refractivity contribution in [3.05, 3.63) is 29.3 Å². The lowest BCUT2D eigenvalue weighted by molar-refractivity contribution is -0.123. The van der Waals surface area contributed by atoms with Crippen molar-refractivity contribution in [2.45, 2.75) is 18.7 Å². The molecule has 1 rings (SSSR count). The predicted octanol–water partition coefficient (Wildman–Crippen LogP) is 2.85. The van der Waals surface area contributed by atoms with E-state index in [1.54, 1.807) is 24.3 Å². The molecule has 1 amide bonds. The van der Waals surface area contributed by atoms with Crippen LogP contribution in [0.4, 0.5) is 0 Å². The van der Waals surface area contributed by atoms with Crippen LogP contribution in [-0.2, 0) is 4.79 Å². The van der Waals surface area contributed by atoms with Crippen LogP contribution in [0.2, 0.25) is 5.02 Å². The number of rotatable bonds is 6. The fourth-order valence-electron chi connectivity index (χ4n) is 1.14.